The van der Waals surface area contributed by atoms with E-state index in [4.69, 9.17) is 4.52 Å². The summed E-state index contributed by atoms with van der Waals surface area (Å²) in [5.74, 6) is 0.605. The summed E-state index contributed by atoms with van der Waals surface area (Å²) in [5, 5.41) is 2.76. The van der Waals surface area contributed by atoms with Crippen molar-refractivity contribution in [2.75, 3.05) is 0 Å². The third kappa shape index (κ3) is 2.50. The summed E-state index contributed by atoms with van der Waals surface area (Å²) in [4.78, 5) is 11.1. The fourth-order valence-electron chi connectivity index (χ4n) is 2.12. The molecule has 0 aliphatic rings. The molecule has 0 bridgehead atoms. The lowest BCUT2D eigenvalue weighted by Gasteiger charge is -2.05. The summed E-state index contributed by atoms with van der Waals surface area (Å²) in [7, 11) is -3.72. The fraction of sp³-hybridized carbons (Fsp3) is 0.357. The Morgan fingerprint density at radius 1 is 1.27 bits per heavy atom. The van der Waals surface area contributed by atoms with Crippen LogP contribution in [0.3, 0.4) is 0 Å². The van der Waals surface area contributed by atoms with Gasteiger partial charge in [0.2, 0.25) is 20.9 Å². The highest BCUT2D eigenvalue weighted by atomic mass is 32.2. The van der Waals surface area contributed by atoms with E-state index in [1.54, 1.807) is 18.2 Å². The van der Waals surface area contributed by atoms with E-state index in [0.29, 0.717) is 23.3 Å². The number of imidazole rings is 1. The minimum atomic E-state index is -3.72. The second kappa shape index (κ2) is 5.53. The van der Waals surface area contributed by atoms with Crippen molar-refractivity contribution in [3.05, 3.63) is 36.0 Å². The van der Waals surface area contributed by atoms with Gasteiger partial charge in [0.05, 0.1) is 11.0 Å². The predicted octanol–water partition coefficient (Wildman–Crippen LogP) is 2.43. The molecule has 1 N–H and O–H groups in total. The predicted molar refractivity (Wildman–Crippen MR) is 80.0 cm³/mol. The highest BCUT2D eigenvalue weighted by Crippen LogP contribution is 2.27. The number of aryl methyl sites for hydroxylation is 1. The molecular weight excluding hydrogens is 304 g/mol. The van der Waals surface area contributed by atoms with Gasteiger partial charge in [-0.1, -0.05) is 24.2 Å². The van der Waals surface area contributed by atoms with E-state index in [-0.39, 0.29) is 11.0 Å². The monoisotopic (exact) mass is 320 g/mol. The average Bonchev–Trinajstić information content (AvgIpc) is 3.13. The first kappa shape index (κ1) is 14.7. The van der Waals surface area contributed by atoms with Gasteiger partial charge in [0.25, 0.3) is 0 Å². The van der Waals surface area contributed by atoms with Crippen molar-refractivity contribution in [2.24, 2.45) is 0 Å². The normalized spacial score (nSPS) is 13.5. The minimum absolute atomic E-state index is 0.0866. The highest BCUT2D eigenvalue weighted by molar-refractivity contribution is 7.91. The van der Waals surface area contributed by atoms with Crippen molar-refractivity contribution in [1.82, 2.24) is 20.1 Å². The van der Waals surface area contributed by atoms with Crippen molar-refractivity contribution in [1.29, 1.82) is 0 Å². The van der Waals surface area contributed by atoms with E-state index >= 15 is 0 Å². The molecule has 3 aromatic rings. The molecule has 1 aromatic carbocycles. The van der Waals surface area contributed by atoms with Crippen LogP contribution in [0.2, 0.25) is 0 Å². The molecule has 22 heavy (non-hydrogen) atoms. The summed E-state index contributed by atoms with van der Waals surface area (Å²) in [6, 6.07) is 7.15. The summed E-state index contributed by atoms with van der Waals surface area (Å²) in [6.45, 7) is 3.51. The van der Waals surface area contributed by atoms with Crippen LogP contribution in [0.5, 0.6) is 0 Å². The van der Waals surface area contributed by atoms with Gasteiger partial charge in [-0.3, -0.25) is 0 Å². The zero-order valence-electron chi connectivity index (χ0n) is 12.3. The van der Waals surface area contributed by atoms with Crippen LogP contribution in [0.15, 0.2) is 33.9 Å². The van der Waals surface area contributed by atoms with Gasteiger partial charge in [-0.05, 0) is 25.5 Å². The quantitative estimate of drug-likeness (QED) is 0.774. The first-order valence-corrected chi connectivity index (χ1v) is 8.58. The molecule has 0 aliphatic heterocycles. The van der Waals surface area contributed by atoms with E-state index in [9.17, 15) is 8.42 Å². The molecule has 7 nitrogen and oxygen atoms in total. The Balaban J connectivity index is 1.96. The Morgan fingerprint density at radius 2 is 2.05 bits per heavy atom. The largest absolute Gasteiger partial charge is 0.338 e. The van der Waals surface area contributed by atoms with Gasteiger partial charge >= 0.3 is 0 Å². The molecule has 0 saturated heterocycles. The van der Waals surface area contributed by atoms with Gasteiger partial charge in [-0.25, -0.2) is 13.4 Å². The number of aromatic amines is 1. The van der Waals surface area contributed by atoms with Gasteiger partial charge in [0, 0.05) is 6.42 Å². The Morgan fingerprint density at radius 3 is 2.77 bits per heavy atom. The summed E-state index contributed by atoms with van der Waals surface area (Å²) >= 11 is 0. The van der Waals surface area contributed by atoms with Crippen molar-refractivity contribution in [3.63, 3.8) is 0 Å². The van der Waals surface area contributed by atoms with Crippen molar-refractivity contribution in [3.8, 4) is 0 Å². The molecule has 2 aromatic heterocycles. The summed E-state index contributed by atoms with van der Waals surface area (Å²) in [6.07, 6.45) is 1.52. The molecule has 0 fully saturated rings. The third-order valence-corrected chi connectivity index (χ3v) is 5.27. The molecule has 1 unspecified atom stereocenters. The van der Waals surface area contributed by atoms with Crippen LogP contribution in [0, 0.1) is 0 Å². The molecule has 0 radical (unpaired) electrons. The van der Waals surface area contributed by atoms with Crippen molar-refractivity contribution < 1.29 is 12.9 Å². The Bertz CT molecular complexity index is 865. The number of benzene rings is 1. The zero-order chi connectivity index (χ0) is 15.7. The minimum Gasteiger partial charge on any atom is -0.338 e. The number of hydrogen-bond donors (Lipinski definition) is 1. The zero-order valence-corrected chi connectivity index (χ0v) is 13.1. The van der Waals surface area contributed by atoms with E-state index in [1.165, 1.54) is 6.92 Å². The average molecular weight is 320 g/mol. The van der Waals surface area contributed by atoms with Crippen LogP contribution in [0.25, 0.3) is 11.0 Å². The highest BCUT2D eigenvalue weighted by Gasteiger charge is 2.32. The van der Waals surface area contributed by atoms with E-state index < -0.39 is 15.1 Å². The molecule has 0 amide bonds. The fourth-order valence-corrected chi connectivity index (χ4v) is 3.30. The topological polar surface area (TPSA) is 102 Å². The Kier molecular flexibility index (Phi) is 3.69. The second-order valence-electron chi connectivity index (χ2n) is 5.05. The molecule has 2 heterocycles. The van der Waals surface area contributed by atoms with E-state index in [0.717, 1.165) is 6.42 Å². The standard InChI is InChI=1S/C14H16N4O3S/c1-3-6-12-17-13(21-18-12)9(2)22(19,20)14-15-10-7-4-5-8-11(10)16-14/h4-5,7-9H,3,6H2,1-2H3,(H,15,16). The number of fused-ring (bicyclic) bond motifs is 1. The lowest BCUT2D eigenvalue weighted by molar-refractivity contribution is 0.370. The molecular formula is C14H16N4O3S. The maximum Gasteiger partial charge on any atom is 0.245 e. The van der Waals surface area contributed by atoms with Crippen LogP contribution in [0.1, 0.15) is 37.2 Å². The molecule has 116 valence electrons. The second-order valence-corrected chi connectivity index (χ2v) is 7.23. The first-order valence-electron chi connectivity index (χ1n) is 7.03. The molecule has 1 atom stereocenters. The van der Waals surface area contributed by atoms with Gasteiger partial charge in [0.1, 0.15) is 5.25 Å². The van der Waals surface area contributed by atoms with E-state index in [2.05, 4.69) is 20.1 Å². The number of aromatic nitrogens is 4. The Labute approximate surface area is 127 Å². The van der Waals surface area contributed by atoms with Crippen molar-refractivity contribution >= 4 is 20.9 Å². The molecule has 0 saturated carbocycles. The molecule has 0 spiro atoms. The number of rotatable bonds is 5. The van der Waals surface area contributed by atoms with Crippen LogP contribution in [-0.2, 0) is 16.3 Å². The van der Waals surface area contributed by atoms with Gasteiger partial charge < -0.3 is 9.51 Å². The maximum atomic E-state index is 12.6. The van der Waals surface area contributed by atoms with Gasteiger partial charge in [-0.15, -0.1) is 0 Å². The van der Waals surface area contributed by atoms with Crippen LogP contribution >= 0.6 is 0 Å². The molecule has 3 rings (SSSR count). The Hall–Kier alpha value is -2.22. The number of nitrogens with zero attached hydrogens (tertiary/aromatic N) is 3. The smallest absolute Gasteiger partial charge is 0.245 e. The SMILES string of the molecule is CCCc1noc(C(C)S(=O)(=O)c2nc3ccccc3[nH]2)n1. The van der Waals surface area contributed by atoms with Gasteiger partial charge in [-0.2, -0.15) is 4.98 Å². The van der Waals surface area contributed by atoms with Crippen LogP contribution in [0.4, 0.5) is 0 Å². The number of hydrogen-bond acceptors (Lipinski definition) is 6. The lowest BCUT2D eigenvalue weighted by atomic mass is 10.3. The van der Waals surface area contributed by atoms with Crippen LogP contribution < -0.4 is 0 Å². The molecule has 8 heteroatoms. The molecule has 0 aliphatic carbocycles. The maximum absolute atomic E-state index is 12.6. The first-order chi connectivity index (χ1) is 10.5. The summed E-state index contributed by atoms with van der Waals surface area (Å²) < 4.78 is 30.4. The van der Waals surface area contributed by atoms with Crippen LogP contribution in [-0.4, -0.2) is 28.5 Å². The van der Waals surface area contributed by atoms with E-state index in [1.807, 2.05) is 13.0 Å². The number of nitrogens with one attached hydrogen (secondary N) is 1. The number of sulfone groups is 1. The number of para-hydroxylation sites is 2. The third-order valence-electron chi connectivity index (χ3n) is 3.41. The van der Waals surface area contributed by atoms with Crippen molar-refractivity contribution in [2.45, 2.75) is 37.1 Å². The number of H-pyrrole nitrogens is 1. The summed E-state index contributed by atoms with van der Waals surface area (Å²) in [5.41, 5.74) is 1.27. The van der Waals surface area contributed by atoms with Gasteiger partial charge in [0.15, 0.2) is 5.82 Å². The lowest BCUT2D eigenvalue weighted by Crippen LogP contribution is -2.12.